The van der Waals surface area contributed by atoms with Gasteiger partial charge in [0, 0.05) is 13.8 Å². The smallest absolute Gasteiger partial charge is 0.119 e. The summed E-state index contributed by atoms with van der Waals surface area (Å²) >= 11 is 0. The van der Waals surface area contributed by atoms with Gasteiger partial charge in [-0.2, -0.15) is 0 Å². The van der Waals surface area contributed by atoms with Crippen molar-refractivity contribution < 1.29 is 4.74 Å². The molecule has 3 aliphatic carbocycles. The Morgan fingerprint density at radius 2 is 0.945 bits per heavy atom. The normalized spacial score (nSPS) is 18.4. The van der Waals surface area contributed by atoms with Gasteiger partial charge in [0.1, 0.15) is 12.4 Å². The van der Waals surface area contributed by atoms with E-state index in [0.717, 1.165) is 35.7 Å². The topological polar surface area (TPSA) is 12.5 Å². The predicted octanol–water partition coefficient (Wildman–Crippen LogP) is 15.1. The number of nitrogens with zero attached hydrogens (tertiary/aromatic N) is 1. The molecule has 0 saturated heterocycles. The number of hydrogen-bond donors (Lipinski definition) is 0. The Balaban J connectivity index is 1.03. The number of allylic oxidation sites excluding steroid dienone is 1. The molecule has 0 aliphatic heterocycles. The highest BCUT2D eigenvalue weighted by Gasteiger charge is 2.56. The minimum Gasteiger partial charge on any atom is -0.492 e. The van der Waals surface area contributed by atoms with E-state index >= 15 is 0 Å². The fourth-order valence-electron chi connectivity index (χ4n) is 11.1. The molecule has 0 amide bonds. The van der Waals surface area contributed by atoms with Crippen molar-refractivity contribution in [1.29, 1.82) is 0 Å². The molecule has 3 aromatic carbocycles. The summed E-state index contributed by atoms with van der Waals surface area (Å²) in [4.78, 5) is 2.16. The van der Waals surface area contributed by atoms with Crippen molar-refractivity contribution in [2.24, 2.45) is 0 Å². The lowest BCUT2D eigenvalue weighted by Crippen LogP contribution is -2.37. The lowest BCUT2D eigenvalue weighted by Gasteiger charge is -2.49. The fourth-order valence-corrected chi connectivity index (χ4v) is 18.7. The lowest BCUT2D eigenvalue weighted by atomic mass is 9.86. The Labute approximate surface area is 338 Å². The molecular formula is C52H77NOP+. The standard InChI is InChI=1S/C52H77NOP/c1-53(2)41-42-54-47-39-37-46(38-40-47)52(45-28-16-10-17-29-45)51(44-26-14-9-15-27-44)36-24-7-5-3-4-6-8-25-43-55(48-30-18-11-19-31-48,49-32-20-12-21-33-49)50-34-22-13-23-35-50/h9-10,14-17,26-29,37-40,48-50H,3-8,11-13,18-25,30-36,41-43H2,1-2H3/q+1/b52-51-. The fraction of sp³-hybridized carbons (Fsp3) is 0.615. The van der Waals surface area contributed by atoms with Gasteiger partial charge in [0.15, 0.2) is 0 Å². The van der Waals surface area contributed by atoms with Crippen molar-refractivity contribution in [2.45, 2.75) is 171 Å². The van der Waals surface area contributed by atoms with Crippen LogP contribution in [0.3, 0.4) is 0 Å². The van der Waals surface area contributed by atoms with E-state index in [1.54, 1.807) is 89.6 Å². The molecule has 3 fully saturated rings. The summed E-state index contributed by atoms with van der Waals surface area (Å²) in [6.07, 6.45) is 37.5. The predicted molar refractivity (Wildman–Crippen MR) is 243 cm³/mol. The van der Waals surface area contributed by atoms with E-state index in [1.807, 2.05) is 0 Å². The van der Waals surface area contributed by atoms with Crippen LogP contribution in [0.15, 0.2) is 84.9 Å². The second-order valence-corrected chi connectivity index (χ2v) is 22.6. The molecule has 0 heterocycles. The zero-order valence-corrected chi connectivity index (χ0v) is 36.1. The molecule has 0 N–H and O–H groups in total. The summed E-state index contributed by atoms with van der Waals surface area (Å²) in [6.45, 7) is 1.62. The minimum atomic E-state index is -0.904. The lowest BCUT2D eigenvalue weighted by molar-refractivity contribution is 0.261. The van der Waals surface area contributed by atoms with E-state index < -0.39 is 7.26 Å². The van der Waals surface area contributed by atoms with E-state index in [1.165, 1.54) is 92.0 Å². The summed E-state index contributed by atoms with van der Waals surface area (Å²) in [6, 6.07) is 31.1. The zero-order chi connectivity index (χ0) is 38.0. The molecule has 3 aliphatic rings. The first kappa shape index (κ1) is 42.2. The Morgan fingerprint density at radius 1 is 0.509 bits per heavy atom. The van der Waals surface area contributed by atoms with E-state index in [4.69, 9.17) is 4.74 Å². The molecule has 3 heteroatoms. The molecule has 3 aromatic rings. The zero-order valence-electron chi connectivity index (χ0n) is 35.2. The van der Waals surface area contributed by atoms with Crippen LogP contribution in [-0.2, 0) is 0 Å². The van der Waals surface area contributed by atoms with Gasteiger partial charge in [-0.1, -0.05) is 124 Å². The SMILES string of the molecule is CN(C)CCOc1ccc(/C(=C(/CCCCCCCCCC[P+](C2CCCCC2)(C2CCCCC2)C2CCCCC2)c2ccccc2)c2ccccc2)cc1. The summed E-state index contributed by atoms with van der Waals surface area (Å²) in [5, 5.41) is 0. The number of hydrogen-bond acceptors (Lipinski definition) is 2. The van der Waals surface area contributed by atoms with E-state index in [0.29, 0.717) is 6.61 Å². The molecular weight excluding hydrogens is 686 g/mol. The van der Waals surface area contributed by atoms with E-state index in [-0.39, 0.29) is 0 Å². The number of likely N-dealkylation sites (N-methyl/N-ethyl adjacent to an activating group) is 1. The Hall–Kier alpha value is -2.41. The molecule has 0 bridgehead atoms. The molecule has 6 rings (SSSR count). The van der Waals surface area contributed by atoms with Crippen molar-refractivity contribution in [1.82, 2.24) is 4.90 Å². The van der Waals surface area contributed by atoms with E-state index in [9.17, 15) is 0 Å². The second kappa shape index (κ2) is 23.1. The van der Waals surface area contributed by atoms with Crippen LogP contribution in [0, 0.1) is 0 Å². The van der Waals surface area contributed by atoms with Gasteiger partial charge in [-0.3, -0.25) is 0 Å². The van der Waals surface area contributed by atoms with Gasteiger partial charge in [0.05, 0.1) is 23.1 Å². The maximum atomic E-state index is 6.07. The summed E-state index contributed by atoms with van der Waals surface area (Å²) < 4.78 is 6.07. The van der Waals surface area contributed by atoms with Crippen molar-refractivity contribution >= 4 is 18.4 Å². The molecule has 0 aromatic heterocycles. The first-order chi connectivity index (χ1) is 27.1. The van der Waals surface area contributed by atoms with Crippen LogP contribution in [0.5, 0.6) is 5.75 Å². The monoisotopic (exact) mass is 763 g/mol. The first-order valence-electron chi connectivity index (χ1n) is 23.2. The van der Waals surface area contributed by atoms with Crippen LogP contribution in [0.2, 0.25) is 0 Å². The Kier molecular flexibility index (Phi) is 17.7. The van der Waals surface area contributed by atoms with E-state index in [2.05, 4.69) is 104 Å². The molecule has 0 atom stereocenters. The Bertz CT molecular complexity index is 1450. The maximum absolute atomic E-state index is 6.07. The molecule has 0 unspecified atom stereocenters. The number of benzene rings is 3. The summed E-state index contributed by atoms with van der Waals surface area (Å²) in [7, 11) is 3.28. The first-order valence-corrected chi connectivity index (χ1v) is 25.4. The Morgan fingerprint density at radius 3 is 1.44 bits per heavy atom. The minimum absolute atomic E-state index is 0.701. The van der Waals surface area contributed by atoms with Gasteiger partial charge >= 0.3 is 0 Å². The molecule has 300 valence electrons. The second-order valence-electron chi connectivity index (χ2n) is 17.9. The molecule has 55 heavy (non-hydrogen) atoms. The number of unbranched alkanes of at least 4 members (excludes halogenated alkanes) is 7. The van der Waals surface area contributed by atoms with Gasteiger partial charge in [0.25, 0.3) is 0 Å². The van der Waals surface area contributed by atoms with Crippen LogP contribution in [-0.4, -0.2) is 55.3 Å². The van der Waals surface area contributed by atoms with Crippen molar-refractivity contribution in [3.8, 4) is 5.75 Å². The largest absolute Gasteiger partial charge is 0.492 e. The maximum Gasteiger partial charge on any atom is 0.119 e. The number of ether oxygens (including phenoxy) is 1. The highest BCUT2D eigenvalue weighted by atomic mass is 31.2. The van der Waals surface area contributed by atoms with Crippen LogP contribution in [0.1, 0.15) is 171 Å². The van der Waals surface area contributed by atoms with Gasteiger partial charge in [-0.15, -0.1) is 0 Å². The third kappa shape index (κ3) is 12.3. The van der Waals surface area contributed by atoms with Crippen LogP contribution in [0.4, 0.5) is 0 Å². The van der Waals surface area contributed by atoms with Gasteiger partial charge in [-0.25, -0.2) is 0 Å². The van der Waals surface area contributed by atoms with Crippen LogP contribution < -0.4 is 4.74 Å². The highest BCUT2D eigenvalue weighted by molar-refractivity contribution is 7.77. The summed E-state index contributed by atoms with van der Waals surface area (Å²) in [5.74, 6) is 0.943. The van der Waals surface area contributed by atoms with Crippen molar-refractivity contribution in [2.75, 3.05) is 33.4 Å². The average Bonchev–Trinajstić information content (AvgIpc) is 3.24. The molecule has 0 spiro atoms. The highest BCUT2D eigenvalue weighted by Crippen LogP contribution is 2.77. The third-order valence-electron chi connectivity index (χ3n) is 13.9. The molecule has 3 saturated carbocycles. The van der Waals surface area contributed by atoms with Gasteiger partial charge in [-0.05, 0) is 157 Å². The summed E-state index contributed by atoms with van der Waals surface area (Å²) in [5.41, 5.74) is 10.2. The third-order valence-corrected chi connectivity index (χ3v) is 20.6. The molecule has 2 nitrogen and oxygen atoms in total. The van der Waals surface area contributed by atoms with Crippen molar-refractivity contribution in [3.05, 3.63) is 102 Å². The molecule has 0 radical (unpaired) electrons. The van der Waals surface area contributed by atoms with Gasteiger partial charge < -0.3 is 9.64 Å². The number of rotatable bonds is 21. The van der Waals surface area contributed by atoms with Gasteiger partial charge in [0.2, 0.25) is 0 Å². The average molecular weight is 763 g/mol. The quantitative estimate of drug-likeness (QED) is 0.0609. The van der Waals surface area contributed by atoms with Crippen LogP contribution >= 0.6 is 7.26 Å². The van der Waals surface area contributed by atoms with Crippen LogP contribution in [0.25, 0.3) is 11.1 Å². The van der Waals surface area contributed by atoms with Crippen molar-refractivity contribution in [3.63, 3.8) is 0 Å².